The molecular formula is C17H21NS. The first-order chi connectivity index (χ1) is 9.24. The summed E-state index contributed by atoms with van der Waals surface area (Å²) < 4.78 is 0. The van der Waals surface area contributed by atoms with Crippen molar-refractivity contribution in [2.24, 2.45) is 5.73 Å². The zero-order valence-electron chi connectivity index (χ0n) is 11.6. The molecule has 0 bridgehead atoms. The molecule has 0 fully saturated rings. The van der Waals surface area contributed by atoms with Gasteiger partial charge in [-0.25, -0.2) is 0 Å². The van der Waals surface area contributed by atoms with Crippen LogP contribution in [0.3, 0.4) is 0 Å². The molecule has 19 heavy (non-hydrogen) atoms. The van der Waals surface area contributed by atoms with Gasteiger partial charge in [-0.15, -0.1) is 11.8 Å². The van der Waals surface area contributed by atoms with E-state index in [-0.39, 0.29) is 6.04 Å². The number of nitrogens with two attached hydrogens (primary N) is 1. The number of hydrogen-bond donors (Lipinski definition) is 1. The van der Waals surface area contributed by atoms with Crippen molar-refractivity contribution in [1.29, 1.82) is 0 Å². The summed E-state index contributed by atoms with van der Waals surface area (Å²) in [5, 5.41) is 0. The van der Waals surface area contributed by atoms with E-state index in [0.29, 0.717) is 0 Å². The fraction of sp³-hybridized carbons (Fsp3) is 0.294. The van der Waals surface area contributed by atoms with E-state index < -0.39 is 0 Å². The zero-order valence-corrected chi connectivity index (χ0v) is 12.4. The lowest BCUT2D eigenvalue weighted by Gasteiger charge is -2.15. The maximum absolute atomic E-state index is 6.36. The van der Waals surface area contributed by atoms with Crippen LogP contribution >= 0.6 is 11.8 Å². The number of rotatable bonds is 5. The van der Waals surface area contributed by atoms with Crippen LogP contribution in [0.25, 0.3) is 0 Å². The van der Waals surface area contributed by atoms with Crippen molar-refractivity contribution in [3.8, 4) is 0 Å². The molecule has 0 saturated heterocycles. The second kappa shape index (κ2) is 6.78. The fourth-order valence-corrected chi connectivity index (χ4v) is 2.92. The Bertz CT molecular complexity index is 519. The third-order valence-corrected chi connectivity index (χ3v) is 4.24. The zero-order chi connectivity index (χ0) is 13.7. The molecule has 1 nitrogen and oxygen atoms in total. The van der Waals surface area contributed by atoms with Gasteiger partial charge in [-0.05, 0) is 41.9 Å². The maximum Gasteiger partial charge on any atom is 0.0346 e. The van der Waals surface area contributed by atoms with Crippen LogP contribution in [0.5, 0.6) is 0 Å². The molecule has 0 aliphatic carbocycles. The third-order valence-electron chi connectivity index (χ3n) is 3.43. The summed E-state index contributed by atoms with van der Waals surface area (Å²) in [7, 11) is 0. The molecule has 0 heterocycles. The van der Waals surface area contributed by atoms with Crippen LogP contribution in [0, 0.1) is 0 Å². The summed E-state index contributed by atoms with van der Waals surface area (Å²) in [5.74, 6) is 0. The molecule has 1 atom stereocenters. The minimum absolute atomic E-state index is 0.0659. The summed E-state index contributed by atoms with van der Waals surface area (Å²) in [6, 6.07) is 17.3. The molecule has 0 aliphatic rings. The summed E-state index contributed by atoms with van der Waals surface area (Å²) in [6.07, 6.45) is 4.07. The van der Waals surface area contributed by atoms with Crippen LogP contribution in [-0.2, 0) is 12.8 Å². The fourth-order valence-electron chi connectivity index (χ4n) is 2.25. The molecule has 2 heteroatoms. The molecular weight excluding hydrogens is 250 g/mol. The number of thioether (sulfide) groups is 1. The van der Waals surface area contributed by atoms with Crippen LogP contribution in [0.2, 0.25) is 0 Å². The molecule has 0 aliphatic heterocycles. The maximum atomic E-state index is 6.36. The van der Waals surface area contributed by atoms with Gasteiger partial charge in [0.05, 0.1) is 0 Å². The Labute approximate surface area is 120 Å². The van der Waals surface area contributed by atoms with Gasteiger partial charge < -0.3 is 5.73 Å². The minimum atomic E-state index is 0.0659. The molecule has 0 spiro atoms. The third kappa shape index (κ3) is 3.62. The van der Waals surface area contributed by atoms with Crippen molar-refractivity contribution >= 4 is 11.8 Å². The molecule has 0 amide bonds. The second-order valence-corrected chi connectivity index (χ2v) is 5.57. The van der Waals surface area contributed by atoms with E-state index in [0.717, 1.165) is 12.8 Å². The van der Waals surface area contributed by atoms with E-state index in [2.05, 4.69) is 61.7 Å². The monoisotopic (exact) mass is 271 g/mol. The van der Waals surface area contributed by atoms with Crippen LogP contribution in [-0.4, -0.2) is 6.26 Å². The molecule has 100 valence electrons. The number of benzene rings is 2. The number of aryl methyl sites for hydroxylation is 1. The lowest BCUT2D eigenvalue weighted by Crippen LogP contribution is -2.14. The highest BCUT2D eigenvalue weighted by atomic mass is 32.2. The lowest BCUT2D eigenvalue weighted by atomic mass is 9.98. The normalized spacial score (nSPS) is 12.4. The Kier molecular flexibility index (Phi) is 5.06. The Morgan fingerprint density at radius 3 is 2.26 bits per heavy atom. The summed E-state index contributed by atoms with van der Waals surface area (Å²) in [4.78, 5) is 1.28. The van der Waals surface area contributed by atoms with Gasteiger partial charge in [0, 0.05) is 10.9 Å². The molecule has 0 saturated carbocycles. The topological polar surface area (TPSA) is 26.0 Å². The van der Waals surface area contributed by atoms with E-state index in [1.165, 1.54) is 21.6 Å². The van der Waals surface area contributed by atoms with Gasteiger partial charge in [0.1, 0.15) is 0 Å². The molecule has 2 aromatic rings. The SMILES string of the molecule is CCc1ccc(CC(N)c2ccccc2SC)cc1. The van der Waals surface area contributed by atoms with Crippen molar-refractivity contribution in [1.82, 2.24) is 0 Å². The highest BCUT2D eigenvalue weighted by molar-refractivity contribution is 7.98. The van der Waals surface area contributed by atoms with Crippen molar-refractivity contribution in [2.45, 2.75) is 30.7 Å². The van der Waals surface area contributed by atoms with E-state index in [1.807, 2.05) is 0 Å². The Morgan fingerprint density at radius 1 is 1.00 bits per heavy atom. The highest BCUT2D eigenvalue weighted by Gasteiger charge is 2.10. The van der Waals surface area contributed by atoms with Gasteiger partial charge in [0.2, 0.25) is 0 Å². The van der Waals surface area contributed by atoms with Crippen LogP contribution in [0.15, 0.2) is 53.4 Å². The van der Waals surface area contributed by atoms with Gasteiger partial charge >= 0.3 is 0 Å². The first-order valence-electron chi connectivity index (χ1n) is 6.71. The van der Waals surface area contributed by atoms with E-state index in [9.17, 15) is 0 Å². The molecule has 2 aromatic carbocycles. The Hall–Kier alpha value is -1.25. The van der Waals surface area contributed by atoms with Crippen molar-refractivity contribution in [3.05, 3.63) is 65.2 Å². The van der Waals surface area contributed by atoms with Gasteiger partial charge in [0.25, 0.3) is 0 Å². The average molecular weight is 271 g/mol. The van der Waals surface area contributed by atoms with Crippen molar-refractivity contribution in [2.75, 3.05) is 6.26 Å². The predicted molar refractivity (Wildman–Crippen MR) is 84.7 cm³/mol. The van der Waals surface area contributed by atoms with Gasteiger partial charge in [0.15, 0.2) is 0 Å². The molecule has 2 rings (SSSR count). The van der Waals surface area contributed by atoms with Crippen molar-refractivity contribution < 1.29 is 0 Å². The van der Waals surface area contributed by atoms with E-state index in [1.54, 1.807) is 11.8 Å². The van der Waals surface area contributed by atoms with Gasteiger partial charge in [-0.1, -0.05) is 49.4 Å². The van der Waals surface area contributed by atoms with E-state index >= 15 is 0 Å². The van der Waals surface area contributed by atoms with Gasteiger partial charge in [-0.2, -0.15) is 0 Å². The summed E-state index contributed by atoms with van der Waals surface area (Å²) >= 11 is 1.76. The summed E-state index contributed by atoms with van der Waals surface area (Å²) in [6.45, 7) is 2.18. The van der Waals surface area contributed by atoms with Crippen molar-refractivity contribution in [3.63, 3.8) is 0 Å². The lowest BCUT2D eigenvalue weighted by molar-refractivity contribution is 0.707. The first kappa shape index (κ1) is 14.2. The number of hydrogen-bond acceptors (Lipinski definition) is 2. The molecule has 0 aromatic heterocycles. The van der Waals surface area contributed by atoms with Crippen LogP contribution in [0.1, 0.15) is 29.7 Å². The quantitative estimate of drug-likeness (QED) is 0.824. The van der Waals surface area contributed by atoms with Gasteiger partial charge in [-0.3, -0.25) is 0 Å². The molecule has 2 N–H and O–H groups in total. The summed E-state index contributed by atoms with van der Waals surface area (Å²) in [5.41, 5.74) is 10.3. The van der Waals surface area contributed by atoms with Crippen LogP contribution in [0.4, 0.5) is 0 Å². The average Bonchev–Trinajstić information content (AvgIpc) is 2.48. The standard InChI is InChI=1S/C17H21NS/c1-3-13-8-10-14(11-9-13)12-16(18)15-6-4-5-7-17(15)19-2/h4-11,16H,3,12,18H2,1-2H3. The smallest absolute Gasteiger partial charge is 0.0346 e. The Balaban J connectivity index is 2.13. The first-order valence-corrected chi connectivity index (χ1v) is 7.93. The predicted octanol–water partition coefficient (Wildman–Crippen LogP) is 4.21. The highest BCUT2D eigenvalue weighted by Crippen LogP contribution is 2.26. The Morgan fingerprint density at radius 2 is 1.63 bits per heavy atom. The minimum Gasteiger partial charge on any atom is -0.324 e. The molecule has 1 unspecified atom stereocenters. The molecule has 0 radical (unpaired) electrons. The van der Waals surface area contributed by atoms with Crippen LogP contribution < -0.4 is 5.73 Å². The largest absolute Gasteiger partial charge is 0.324 e. The van der Waals surface area contributed by atoms with E-state index in [4.69, 9.17) is 5.73 Å². The second-order valence-electron chi connectivity index (χ2n) is 4.72.